The van der Waals surface area contributed by atoms with Crippen molar-refractivity contribution in [1.29, 1.82) is 0 Å². The van der Waals surface area contributed by atoms with Crippen LogP contribution in [-0.4, -0.2) is 33.2 Å². The SMILES string of the molecule is Cc1ccn2ncc(C(=O)NC3CCOC(c4ccc(F)cc4)C3)c2n1. The second kappa shape index (κ2) is 6.84. The van der Waals surface area contributed by atoms with E-state index in [0.29, 0.717) is 24.2 Å². The Bertz CT molecular complexity index is 938. The number of carbonyl (C=O) groups is 1. The second-order valence-electron chi connectivity index (χ2n) is 6.50. The van der Waals surface area contributed by atoms with Gasteiger partial charge in [0.15, 0.2) is 5.65 Å². The Balaban J connectivity index is 1.48. The molecule has 2 unspecified atom stereocenters. The fourth-order valence-electron chi connectivity index (χ4n) is 3.22. The van der Waals surface area contributed by atoms with Gasteiger partial charge in [0, 0.05) is 24.5 Å². The van der Waals surface area contributed by atoms with Crippen molar-refractivity contribution in [2.75, 3.05) is 6.61 Å². The number of fused-ring (bicyclic) bond motifs is 1. The number of aromatic nitrogens is 3. The molecule has 3 heterocycles. The fourth-order valence-corrected chi connectivity index (χ4v) is 3.22. The summed E-state index contributed by atoms with van der Waals surface area (Å²) in [6.45, 7) is 2.42. The lowest BCUT2D eigenvalue weighted by Crippen LogP contribution is -2.39. The van der Waals surface area contributed by atoms with Crippen LogP contribution in [0.4, 0.5) is 4.39 Å². The molecule has 0 bridgehead atoms. The van der Waals surface area contributed by atoms with Crippen molar-refractivity contribution in [3.8, 4) is 0 Å². The number of ether oxygens (including phenoxy) is 1. The summed E-state index contributed by atoms with van der Waals surface area (Å²) in [5.74, 6) is -0.465. The Labute approximate surface area is 150 Å². The molecule has 1 N–H and O–H groups in total. The molecular weight excluding hydrogens is 335 g/mol. The molecule has 1 saturated heterocycles. The quantitative estimate of drug-likeness (QED) is 0.785. The first-order chi connectivity index (χ1) is 12.6. The maximum atomic E-state index is 13.1. The van der Waals surface area contributed by atoms with E-state index in [4.69, 9.17) is 4.74 Å². The van der Waals surface area contributed by atoms with Crippen LogP contribution in [0.15, 0.2) is 42.7 Å². The zero-order valence-electron chi connectivity index (χ0n) is 14.4. The van der Waals surface area contributed by atoms with Gasteiger partial charge in [0.25, 0.3) is 5.91 Å². The molecule has 2 atom stereocenters. The first kappa shape index (κ1) is 16.7. The van der Waals surface area contributed by atoms with Gasteiger partial charge in [0.1, 0.15) is 11.4 Å². The summed E-state index contributed by atoms with van der Waals surface area (Å²) < 4.78 is 20.5. The van der Waals surface area contributed by atoms with Crippen LogP contribution >= 0.6 is 0 Å². The molecule has 2 aromatic heterocycles. The predicted octanol–water partition coefficient (Wildman–Crippen LogP) is 2.83. The molecule has 0 spiro atoms. The van der Waals surface area contributed by atoms with E-state index in [1.807, 2.05) is 13.0 Å². The highest BCUT2D eigenvalue weighted by Gasteiger charge is 2.26. The Kier molecular flexibility index (Phi) is 4.38. The van der Waals surface area contributed by atoms with E-state index in [1.165, 1.54) is 18.3 Å². The topological polar surface area (TPSA) is 68.5 Å². The van der Waals surface area contributed by atoms with Gasteiger partial charge in [0.05, 0.1) is 12.3 Å². The zero-order chi connectivity index (χ0) is 18.1. The van der Waals surface area contributed by atoms with Gasteiger partial charge in [-0.05, 0) is 43.5 Å². The third kappa shape index (κ3) is 3.30. The van der Waals surface area contributed by atoms with Gasteiger partial charge in [-0.2, -0.15) is 5.10 Å². The van der Waals surface area contributed by atoms with E-state index in [-0.39, 0.29) is 23.9 Å². The molecular formula is C19H19FN4O2. The van der Waals surface area contributed by atoms with Gasteiger partial charge in [-0.15, -0.1) is 0 Å². The highest BCUT2D eigenvalue weighted by molar-refractivity contribution is 5.99. The lowest BCUT2D eigenvalue weighted by atomic mass is 9.97. The van der Waals surface area contributed by atoms with Gasteiger partial charge in [-0.3, -0.25) is 4.79 Å². The number of halogens is 1. The van der Waals surface area contributed by atoms with Crippen LogP contribution < -0.4 is 5.32 Å². The minimum absolute atomic E-state index is 0.0222. The minimum atomic E-state index is -0.273. The molecule has 26 heavy (non-hydrogen) atoms. The first-order valence-corrected chi connectivity index (χ1v) is 8.59. The molecule has 1 fully saturated rings. The molecule has 7 heteroatoms. The summed E-state index contributed by atoms with van der Waals surface area (Å²) >= 11 is 0. The standard InChI is InChI=1S/C19H19FN4O2/c1-12-6-8-24-18(22-12)16(11-21-24)19(25)23-15-7-9-26-17(10-15)13-2-4-14(20)5-3-13/h2-6,8,11,15,17H,7,9-10H2,1H3,(H,23,25). The minimum Gasteiger partial charge on any atom is -0.373 e. The third-order valence-electron chi connectivity index (χ3n) is 4.61. The number of nitrogens with zero attached hydrogens (tertiary/aromatic N) is 3. The normalized spacial score (nSPS) is 20.2. The summed E-state index contributed by atoms with van der Waals surface area (Å²) in [6, 6.07) is 8.12. The van der Waals surface area contributed by atoms with E-state index in [1.54, 1.807) is 22.8 Å². The van der Waals surface area contributed by atoms with Crippen LogP contribution in [0.1, 0.15) is 40.6 Å². The summed E-state index contributed by atoms with van der Waals surface area (Å²) in [5.41, 5.74) is 2.75. The van der Waals surface area contributed by atoms with Crippen LogP contribution in [0.2, 0.25) is 0 Å². The molecule has 1 aliphatic rings. The summed E-state index contributed by atoms with van der Waals surface area (Å²) in [7, 11) is 0. The molecule has 1 aromatic carbocycles. The molecule has 0 radical (unpaired) electrons. The van der Waals surface area contributed by atoms with Gasteiger partial charge in [-0.1, -0.05) is 12.1 Å². The number of hydrogen-bond donors (Lipinski definition) is 1. The van der Waals surface area contributed by atoms with Crippen LogP contribution in [0.25, 0.3) is 5.65 Å². The van der Waals surface area contributed by atoms with Crippen molar-refractivity contribution in [2.45, 2.75) is 31.9 Å². The molecule has 1 amide bonds. The molecule has 1 aliphatic heterocycles. The summed E-state index contributed by atoms with van der Waals surface area (Å²) in [6.07, 6.45) is 4.54. The number of amides is 1. The van der Waals surface area contributed by atoms with E-state index in [2.05, 4.69) is 15.4 Å². The average Bonchev–Trinajstić information content (AvgIpc) is 3.05. The van der Waals surface area contributed by atoms with Crippen LogP contribution in [0, 0.1) is 12.7 Å². The maximum absolute atomic E-state index is 13.1. The number of nitrogens with one attached hydrogen (secondary N) is 1. The second-order valence-corrected chi connectivity index (χ2v) is 6.50. The van der Waals surface area contributed by atoms with Crippen molar-refractivity contribution in [3.05, 3.63) is 65.4 Å². The fraction of sp³-hybridized carbons (Fsp3) is 0.316. The van der Waals surface area contributed by atoms with Crippen molar-refractivity contribution >= 4 is 11.6 Å². The Morgan fingerprint density at radius 2 is 2.12 bits per heavy atom. The monoisotopic (exact) mass is 354 g/mol. The van der Waals surface area contributed by atoms with Crippen molar-refractivity contribution in [1.82, 2.24) is 19.9 Å². The average molecular weight is 354 g/mol. The van der Waals surface area contributed by atoms with Crippen LogP contribution in [0.5, 0.6) is 0 Å². The Morgan fingerprint density at radius 1 is 1.31 bits per heavy atom. The highest BCUT2D eigenvalue weighted by Crippen LogP contribution is 2.28. The largest absolute Gasteiger partial charge is 0.373 e. The molecule has 4 rings (SSSR count). The molecule has 134 valence electrons. The number of rotatable bonds is 3. The number of hydrogen-bond acceptors (Lipinski definition) is 4. The lowest BCUT2D eigenvalue weighted by Gasteiger charge is -2.30. The lowest BCUT2D eigenvalue weighted by molar-refractivity contribution is 0.000888. The third-order valence-corrected chi connectivity index (χ3v) is 4.61. The van der Waals surface area contributed by atoms with Crippen molar-refractivity contribution in [2.24, 2.45) is 0 Å². The van der Waals surface area contributed by atoms with Gasteiger partial charge in [0.2, 0.25) is 0 Å². The zero-order valence-corrected chi connectivity index (χ0v) is 14.4. The predicted molar refractivity (Wildman–Crippen MR) is 93.3 cm³/mol. The molecule has 0 saturated carbocycles. The molecule has 0 aliphatic carbocycles. The van der Waals surface area contributed by atoms with Crippen LogP contribution in [-0.2, 0) is 4.74 Å². The van der Waals surface area contributed by atoms with Gasteiger partial charge in [-0.25, -0.2) is 13.9 Å². The Hall–Kier alpha value is -2.80. The van der Waals surface area contributed by atoms with Gasteiger partial charge < -0.3 is 10.1 Å². The van der Waals surface area contributed by atoms with Crippen LogP contribution in [0.3, 0.4) is 0 Å². The van der Waals surface area contributed by atoms with E-state index >= 15 is 0 Å². The summed E-state index contributed by atoms with van der Waals surface area (Å²) in [5, 5.41) is 7.24. The van der Waals surface area contributed by atoms with Crippen molar-refractivity contribution < 1.29 is 13.9 Å². The first-order valence-electron chi connectivity index (χ1n) is 8.59. The number of benzene rings is 1. The van der Waals surface area contributed by atoms with Crippen molar-refractivity contribution in [3.63, 3.8) is 0 Å². The maximum Gasteiger partial charge on any atom is 0.256 e. The Morgan fingerprint density at radius 3 is 2.92 bits per heavy atom. The number of carbonyl (C=O) groups excluding carboxylic acids is 1. The smallest absolute Gasteiger partial charge is 0.256 e. The molecule has 3 aromatic rings. The van der Waals surface area contributed by atoms with E-state index in [9.17, 15) is 9.18 Å². The molecule has 6 nitrogen and oxygen atoms in total. The van der Waals surface area contributed by atoms with E-state index < -0.39 is 0 Å². The van der Waals surface area contributed by atoms with Gasteiger partial charge >= 0.3 is 0 Å². The summed E-state index contributed by atoms with van der Waals surface area (Å²) in [4.78, 5) is 17.1. The number of aryl methyl sites for hydroxylation is 1. The van der Waals surface area contributed by atoms with E-state index in [0.717, 1.165) is 17.7 Å². The highest BCUT2D eigenvalue weighted by atomic mass is 19.1.